The average Bonchev–Trinajstić information content (AvgIpc) is 2.57. The van der Waals surface area contributed by atoms with Gasteiger partial charge in [-0.2, -0.15) is 0 Å². The fraction of sp³-hybridized carbons (Fsp3) is 0.176. The predicted octanol–water partition coefficient (Wildman–Crippen LogP) is 2.98. The number of benzene rings is 2. The van der Waals surface area contributed by atoms with Gasteiger partial charge in [0.15, 0.2) is 0 Å². The van der Waals surface area contributed by atoms with E-state index in [9.17, 15) is 14.0 Å². The van der Waals surface area contributed by atoms with Gasteiger partial charge in [0.25, 0.3) is 0 Å². The third-order valence-electron chi connectivity index (χ3n) is 2.96. The number of urea groups is 1. The summed E-state index contributed by atoms with van der Waals surface area (Å²) in [7, 11) is 0. The molecule has 0 heterocycles. The normalized spacial score (nSPS) is 9.92. The Morgan fingerprint density at radius 3 is 2.17 bits per heavy atom. The van der Waals surface area contributed by atoms with Crippen molar-refractivity contribution in [3.8, 4) is 5.75 Å². The third kappa shape index (κ3) is 5.60. The second-order valence-corrected chi connectivity index (χ2v) is 4.82. The molecule has 0 aliphatic rings. The van der Waals surface area contributed by atoms with Crippen molar-refractivity contribution in [1.82, 2.24) is 5.32 Å². The third-order valence-corrected chi connectivity index (χ3v) is 2.96. The first-order valence-electron chi connectivity index (χ1n) is 7.40. The molecule has 2 aromatic rings. The van der Waals surface area contributed by atoms with E-state index in [1.807, 2.05) is 6.92 Å². The fourth-order valence-electron chi connectivity index (χ4n) is 1.88. The second kappa shape index (κ2) is 8.52. The van der Waals surface area contributed by atoms with Crippen LogP contribution in [0.4, 0.5) is 20.6 Å². The van der Waals surface area contributed by atoms with E-state index < -0.39 is 11.9 Å². The first-order chi connectivity index (χ1) is 11.6. The van der Waals surface area contributed by atoms with Gasteiger partial charge in [0.05, 0.1) is 13.2 Å². The van der Waals surface area contributed by atoms with Crippen LogP contribution in [-0.4, -0.2) is 25.1 Å². The van der Waals surface area contributed by atoms with Crippen molar-refractivity contribution in [2.45, 2.75) is 6.92 Å². The second-order valence-electron chi connectivity index (χ2n) is 4.82. The van der Waals surface area contributed by atoms with E-state index >= 15 is 0 Å². The maximum atomic E-state index is 12.8. The molecule has 24 heavy (non-hydrogen) atoms. The monoisotopic (exact) mass is 331 g/mol. The van der Waals surface area contributed by atoms with Gasteiger partial charge in [-0.25, -0.2) is 9.18 Å². The largest absolute Gasteiger partial charge is 0.494 e. The van der Waals surface area contributed by atoms with E-state index in [0.29, 0.717) is 23.7 Å². The molecule has 0 spiro atoms. The molecule has 126 valence electrons. The molecular weight excluding hydrogens is 313 g/mol. The van der Waals surface area contributed by atoms with Crippen LogP contribution in [0.15, 0.2) is 48.5 Å². The minimum Gasteiger partial charge on any atom is -0.494 e. The summed E-state index contributed by atoms with van der Waals surface area (Å²) in [5, 5.41) is 7.58. The van der Waals surface area contributed by atoms with Gasteiger partial charge in [-0.3, -0.25) is 4.79 Å². The first-order valence-corrected chi connectivity index (χ1v) is 7.40. The smallest absolute Gasteiger partial charge is 0.319 e. The lowest BCUT2D eigenvalue weighted by Gasteiger charge is -2.09. The molecule has 0 aliphatic heterocycles. The summed E-state index contributed by atoms with van der Waals surface area (Å²) in [5.41, 5.74) is 1.03. The number of carbonyl (C=O) groups is 2. The summed E-state index contributed by atoms with van der Waals surface area (Å²) in [6.45, 7) is 2.24. The number of amides is 3. The number of halogens is 1. The molecule has 2 rings (SSSR count). The van der Waals surface area contributed by atoms with Crippen molar-refractivity contribution < 1.29 is 18.7 Å². The Bertz CT molecular complexity index is 687. The molecule has 2 aromatic carbocycles. The van der Waals surface area contributed by atoms with Gasteiger partial charge in [-0.05, 0) is 55.5 Å². The lowest BCUT2D eigenvalue weighted by atomic mass is 10.3. The number of nitrogens with one attached hydrogen (secondary N) is 3. The SMILES string of the molecule is CCOc1ccc(NC(=O)NCC(=O)Nc2ccc(F)cc2)cc1. The number of hydrogen-bond donors (Lipinski definition) is 3. The fourth-order valence-corrected chi connectivity index (χ4v) is 1.88. The molecule has 0 fully saturated rings. The molecular formula is C17H18FN3O3. The number of anilines is 2. The lowest BCUT2D eigenvalue weighted by molar-refractivity contribution is -0.115. The van der Waals surface area contributed by atoms with E-state index in [1.165, 1.54) is 24.3 Å². The van der Waals surface area contributed by atoms with Gasteiger partial charge in [-0.1, -0.05) is 0 Å². The van der Waals surface area contributed by atoms with Crippen molar-refractivity contribution >= 4 is 23.3 Å². The highest BCUT2D eigenvalue weighted by Crippen LogP contribution is 2.15. The minimum atomic E-state index is -0.506. The molecule has 0 radical (unpaired) electrons. The summed E-state index contributed by atoms with van der Waals surface area (Å²) < 4.78 is 18.1. The van der Waals surface area contributed by atoms with E-state index in [4.69, 9.17) is 4.74 Å². The Hall–Kier alpha value is -3.09. The van der Waals surface area contributed by atoms with Crippen LogP contribution in [0, 0.1) is 5.82 Å². The van der Waals surface area contributed by atoms with Crippen LogP contribution >= 0.6 is 0 Å². The summed E-state index contributed by atoms with van der Waals surface area (Å²) in [6, 6.07) is 11.7. The Kier molecular flexibility index (Phi) is 6.13. The minimum absolute atomic E-state index is 0.208. The molecule has 0 aromatic heterocycles. The zero-order valence-corrected chi connectivity index (χ0v) is 13.1. The molecule has 0 atom stereocenters. The van der Waals surface area contributed by atoms with Crippen LogP contribution < -0.4 is 20.7 Å². The summed E-state index contributed by atoms with van der Waals surface area (Å²) >= 11 is 0. The molecule has 0 unspecified atom stereocenters. The van der Waals surface area contributed by atoms with Crippen molar-refractivity contribution in [2.24, 2.45) is 0 Å². The first kappa shape index (κ1) is 17.3. The molecule has 3 N–H and O–H groups in total. The molecule has 0 aliphatic carbocycles. The van der Waals surface area contributed by atoms with Crippen LogP contribution in [-0.2, 0) is 4.79 Å². The Balaban J connectivity index is 1.75. The number of rotatable bonds is 6. The molecule has 0 saturated carbocycles. The highest BCUT2D eigenvalue weighted by molar-refractivity contribution is 5.96. The van der Waals surface area contributed by atoms with Crippen LogP contribution in [0.5, 0.6) is 5.75 Å². The Labute approximate surface area is 139 Å². The van der Waals surface area contributed by atoms with Crippen LogP contribution in [0.1, 0.15) is 6.92 Å². The standard InChI is InChI=1S/C17H18FN3O3/c1-2-24-15-9-7-14(8-10-15)21-17(23)19-11-16(22)20-13-5-3-12(18)4-6-13/h3-10H,2,11H2,1H3,(H,20,22)(H2,19,21,23). The van der Waals surface area contributed by atoms with Crippen molar-refractivity contribution in [2.75, 3.05) is 23.8 Å². The van der Waals surface area contributed by atoms with Gasteiger partial charge in [0.1, 0.15) is 11.6 Å². The molecule has 7 heteroatoms. The van der Waals surface area contributed by atoms with Gasteiger partial charge >= 0.3 is 6.03 Å². The van der Waals surface area contributed by atoms with Crippen LogP contribution in [0.2, 0.25) is 0 Å². The van der Waals surface area contributed by atoms with E-state index in [0.717, 1.165) is 0 Å². The number of carbonyl (C=O) groups excluding carboxylic acids is 2. The summed E-state index contributed by atoms with van der Waals surface area (Å²) in [5.74, 6) is -0.0913. The average molecular weight is 331 g/mol. The van der Waals surface area contributed by atoms with Crippen LogP contribution in [0.25, 0.3) is 0 Å². The Morgan fingerprint density at radius 2 is 1.54 bits per heavy atom. The lowest BCUT2D eigenvalue weighted by Crippen LogP contribution is -2.35. The van der Waals surface area contributed by atoms with Gasteiger partial charge in [-0.15, -0.1) is 0 Å². The van der Waals surface area contributed by atoms with Crippen molar-refractivity contribution in [3.05, 3.63) is 54.3 Å². The molecule has 0 saturated heterocycles. The van der Waals surface area contributed by atoms with Gasteiger partial charge in [0, 0.05) is 11.4 Å². The quantitative estimate of drug-likeness (QED) is 0.761. The zero-order chi connectivity index (χ0) is 17.4. The van der Waals surface area contributed by atoms with E-state index in [2.05, 4.69) is 16.0 Å². The molecule has 6 nitrogen and oxygen atoms in total. The van der Waals surface area contributed by atoms with Crippen LogP contribution in [0.3, 0.4) is 0 Å². The van der Waals surface area contributed by atoms with E-state index in [1.54, 1.807) is 24.3 Å². The maximum Gasteiger partial charge on any atom is 0.319 e. The highest BCUT2D eigenvalue weighted by Gasteiger charge is 2.06. The van der Waals surface area contributed by atoms with Crippen molar-refractivity contribution in [3.63, 3.8) is 0 Å². The highest BCUT2D eigenvalue weighted by atomic mass is 19.1. The maximum absolute atomic E-state index is 12.8. The van der Waals surface area contributed by atoms with Gasteiger partial charge in [0.2, 0.25) is 5.91 Å². The molecule has 3 amide bonds. The predicted molar refractivity (Wildman–Crippen MR) is 89.7 cm³/mol. The topological polar surface area (TPSA) is 79.5 Å². The number of hydrogen-bond acceptors (Lipinski definition) is 3. The summed E-state index contributed by atoms with van der Waals surface area (Å²) in [4.78, 5) is 23.4. The van der Waals surface area contributed by atoms with Gasteiger partial charge < -0.3 is 20.7 Å². The van der Waals surface area contributed by atoms with Crippen molar-refractivity contribution in [1.29, 1.82) is 0 Å². The Morgan fingerprint density at radius 1 is 0.958 bits per heavy atom. The molecule has 0 bridgehead atoms. The zero-order valence-electron chi connectivity index (χ0n) is 13.1. The summed E-state index contributed by atoms with van der Waals surface area (Å²) in [6.07, 6.45) is 0. The van der Waals surface area contributed by atoms with E-state index in [-0.39, 0.29) is 12.4 Å². The number of ether oxygens (including phenoxy) is 1.